The molecule has 1 heterocycles. The molecule has 2 rings (SSSR count). The first-order valence-corrected chi connectivity index (χ1v) is 5.56. The Kier molecular flexibility index (Phi) is 3.32. The molecule has 0 saturated heterocycles. The summed E-state index contributed by atoms with van der Waals surface area (Å²) in [4.78, 5) is 35.1. The van der Waals surface area contributed by atoms with Crippen molar-refractivity contribution in [1.29, 1.82) is 0 Å². The molecule has 0 spiro atoms. The van der Waals surface area contributed by atoms with E-state index in [4.69, 9.17) is 0 Å². The van der Waals surface area contributed by atoms with Crippen molar-refractivity contribution < 1.29 is 14.4 Å². The molecule has 87 valence electrons. The van der Waals surface area contributed by atoms with E-state index in [-0.39, 0.29) is 11.8 Å². The highest BCUT2D eigenvalue weighted by Crippen LogP contribution is 2.22. The largest absolute Gasteiger partial charge is 0.291 e. The molecule has 0 bridgehead atoms. The predicted molar refractivity (Wildman–Crippen MR) is 61.4 cm³/mol. The Morgan fingerprint density at radius 3 is 2.12 bits per heavy atom. The Morgan fingerprint density at radius 1 is 1.00 bits per heavy atom. The number of imide groups is 1. The van der Waals surface area contributed by atoms with Crippen molar-refractivity contribution in [3.63, 3.8) is 0 Å². The molecule has 1 aliphatic heterocycles. The maximum atomic E-state index is 11.9. The van der Waals surface area contributed by atoms with Gasteiger partial charge in [0.05, 0.1) is 11.1 Å². The number of unbranched alkanes of at least 4 members (excludes halogenated alkanes) is 2. The molecule has 1 aromatic carbocycles. The molecule has 2 amide bonds. The van der Waals surface area contributed by atoms with Gasteiger partial charge in [0.1, 0.15) is 0 Å². The normalized spacial score (nSPS) is 14.0. The Labute approximate surface area is 99.2 Å². The van der Waals surface area contributed by atoms with Crippen molar-refractivity contribution in [1.82, 2.24) is 4.90 Å². The monoisotopic (exact) mass is 230 g/mol. The van der Waals surface area contributed by atoms with Gasteiger partial charge >= 0.3 is 0 Å². The van der Waals surface area contributed by atoms with E-state index in [0.29, 0.717) is 36.9 Å². The van der Waals surface area contributed by atoms with Crippen molar-refractivity contribution in [2.24, 2.45) is 0 Å². The number of fused-ring (bicyclic) bond motifs is 1. The van der Waals surface area contributed by atoms with Crippen molar-refractivity contribution in [2.45, 2.75) is 19.3 Å². The van der Waals surface area contributed by atoms with E-state index in [2.05, 4.69) is 0 Å². The lowest BCUT2D eigenvalue weighted by atomic mass is 10.1. The third kappa shape index (κ3) is 2.11. The van der Waals surface area contributed by atoms with Gasteiger partial charge in [-0.2, -0.15) is 0 Å². The van der Waals surface area contributed by atoms with Crippen molar-refractivity contribution in [3.8, 4) is 0 Å². The minimum atomic E-state index is -0.235. The number of hydrogen-bond donors (Lipinski definition) is 0. The van der Waals surface area contributed by atoms with Crippen LogP contribution in [0.15, 0.2) is 24.3 Å². The van der Waals surface area contributed by atoms with Gasteiger partial charge in [-0.25, -0.2) is 0 Å². The van der Waals surface area contributed by atoms with Crippen molar-refractivity contribution in [3.05, 3.63) is 35.4 Å². The summed E-state index contributed by atoms with van der Waals surface area (Å²) in [5.74, 6) is -0.471. The van der Waals surface area contributed by atoms with Crippen LogP contribution in [-0.4, -0.2) is 29.5 Å². The molecule has 0 N–H and O–H groups in total. The number of nitrogens with zero attached hydrogens (tertiary/aromatic N) is 1. The Morgan fingerprint density at radius 2 is 1.59 bits per heavy atom. The summed E-state index contributed by atoms with van der Waals surface area (Å²) in [5, 5.41) is 0. The van der Waals surface area contributed by atoms with Crippen LogP contribution in [0.1, 0.15) is 40.0 Å². The number of hydrogen-bond acceptors (Lipinski definition) is 3. The molecular weight excluding hydrogens is 218 g/mol. The fourth-order valence-electron chi connectivity index (χ4n) is 1.91. The van der Waals surface area contributed by atoms with Crippen LogP contribution in [0.3, 0.4) is 0 Å². The lowest BCUT2D eigenvalue weighted by Gasteiger charge is -2.12. The predicted octanol–water partition coefficient (Wildman–Crippen LogP) is 1.56. The molecule has 4 nitrogen and oxygen atoms in total. The van der Waals surface area contributed by atoms with Crippen LogP contribution in [-0.2, 0) is 4.79 Å². The molecular formula is C13H12NO3. The van der Waals surface area contributed by atoms with Gasteiger partial charge in [0, 0.05) is 13.0 Å². The van der Waals surface area contributed by atoms with Gasteiger partial charge in [-0.05, 0) is 25.0 Å². The quantitative estimate of drug-likeness (QED) is 0.569. The average molecular weight is 230 g/mol. The second-order valence-electron chi connectivity index (χ2n) is 3.91. The molecule has 0 fully saturated rings. The van der Waals surface area contributed by atoms with Crippen molar-refractivity contribution >= 4 is 18.1 Å². The highest BCUT2D eigenvalue weighted by atomic mass is 16.2. The first kappa shape index (κ1) is 11.5. The number of rotatable bonds is 5. The SMILES string of the molecule is O=[C]CCCCN1C(=O)c2ccccc2C1=O. The third-order valence-electron chi connectivity index (χ3n) is 2.79. The number of carbonyl (C=O) groups is 2. The first-order valence-electron chi connectivity index (χ1n) is 5.56. The minimum absolute atomic E-state index is 0.235. The summed E-state index contributed by atoms with van der Waals surface area (Å²) in [5.41, 5.74) is 0.943. The lowest BCUT2D eigenvalue weighted by Crippen LogP contribution is -2.30. The van der Waals surface area contributed by atoms with Gasteiger partial charge in [-0.1, -0.05) is 12.1 Å². The second-order valence-corrected chi connectivity index (χ2v) is 3.91. The number of benzene rings is 1. The maximum Gasteiger partial charge on any atom is 0.261 e. The van der Waals surface area contributed by atoms with E-state index in [9.17, 15) is 14.4 Å². The molecule has 0 aromatic heterocycles. The van der Waals surface area contributed by atoms with Crippen LogP contribution in [0.5, 0.6) is 0 Å². The third-order valence-corrected chi connectivity index (χ3v) is 2.79. The number of amides is 2. The van der Waals surface area contributed by atoms with Gasteiger partial charge in [0.2, 0.25) is 0 Å². The van der Waals surface area contributed by atoms with Gasteiger partial charge in [-0.15, -0.1) is 0 Å². The van der Waals surface area contributed by atoms with E-state index in [1.54, 1.807) is 30.6 Å². The molecule has 0 saturated carbocycles. The lowest BCUT2D eigenvalue weighted by molar-refractivity contribution is 0.0652. The van der Waals surface area contributed by atoms with Crippen LogP contribution in [0.25, 0.3) is 0 Å². The molecule has 17 heavy (non-hydrogen) atoms. The van der Waals surface area contributed by atoms with Crippen LogP contribution in [0.2, 0.25) is 0 Å². The zero-order chi connectivity index (χ0) is 12.3. The number of carbonyl (C=O) groups excluding carboxylic acids is 3. The fraction of sp³-hybridized carbons (Fsp3) is 0.308. The van der Waals surface area contributed by atoms with Crippen LogP contribution in [0, 0.1) is 0 Å². The highest BCUT2D eigenvalue weighted by molar-refractivity contribution is 6.21. The van der Waals surface area contributed by atoms with E-state index < -0.39 is 0 Å². The molecule has 1 aromatic rings. The minimum Gasteiger partial charge on any atom is -0.291 e. The van der Waals surface area contributed by atoms with Gasteiger partial charge < -0.3 is 0 Å². The summed E-state index contributed by atoms with van der Waals surface area (Å²) in [6, 6.07) is 6.81. The molecule has 4 heteroatoms. The smallest absolute Gasteiger partial charge is 0.261 e. The second kappa shape index (κ2) is 4.91. The summed E-state index contributed by atoms with van der Waals surface area (Å²) in [6.07, 6.45) is 3.43. The van der Waals surface area contributed by atoms with Crippen LogP contribution >= 0.6 is 0 Å². The van der Waals surface area contributed by atoms with Gasteiger partial charge in [0.15, 0.2) is 6.29 Å². The average Bonchev–Trinajstić information content (AvgIpc) is 2.60. The van der Waals surface area contributed by atoms with E-state index in [1.165, 1.54) is 4.90 Å². The molecule has 1 radical (unpaired) electrons. The topological polar surface area (TPSA) is 54.5 Å². The zero-order valence-corrected chi connectivity index (χ0v) is 9.31. The van der Waals surface area contributed by atoms with Crippen LogP contribution < -0.4 is 0 Å². The van der Waals surface area contributed by atoms with Gasteiger partial charge in [-0.3, -0.25) is 19.3 Å². The Bertz CT molecular complexity index is 432. The Balaban J connectivity index is 2.05. The van der Waals surface area contributed by atoms with Crippen LogP contribution in [0.4, 0.5) is 0 Å². The molecule has 1 aliphatic rings. The first-order chi connectivity index (χ1) is 8.25. The Hall–Kier alpha value is -1.97. The summed E-state index contributed by atoms with van der Waals surface area (Å²) in [7, 11) is 0. The zero-order valence-electron chi connectivity index (χ0n) is 9.31. The summed E-state index contributed by atoms with van der Waals surface area (Å²) < 4.78 is 0. The van der Waals surface area contributed by atoms with Crippen molar-refractivity contribution in [2.75, 3.05) is 6.54 Å². The fourth-order valence-corrected chi connectivity index (χ4v) is 1.91. The standard InChI is InChI=1S/C13H12NO3/c15-9-5-1-4-8-14-12(16)10-6-2-3-7-11(10)13(14)17/h2-3,6-7H,1,4-5,8H2. The highest BCUT2D eigenvalue weighted by Gasteiger charge is 2.34. The summed E-state index contributed by atoms with van der Waals surface area (Å²) >= 11 is 0. The molecule has 0 atom stereocenters. The maximum absolute atomic E-state index is 11.9. The van der Waals surface area contributed by atoms with E-state index in [0.717, 1.165) is 0 Å². The molecule has 0 aliphatic carbocycles. The van der Waals surface area contributed by atoms with Gasteiger partial charge in [0.25, 0.3) is 11.8 Å². The summed E-state index contributed by atoms with van der Waals surface area (Å²) in [6.45, 7) is 0.369. The molecule has 0 unspecified atom stereocenters. The van der Waals surface area contributed by atoms with E-state index >= 15 is 0 Å². The van der Waals surface area contributed by atoms with E-state index in [1.807, 2.05) is 0 Å².